The Bertz CT molecular complexity index is 1290. The summed E-state index contributed by atoms with van der Waals surface area (Å²) in [4.78, 5) is 4.56. The maximum absolute atomic E-state index is 10.0. The number of aliphatic imine (C=N–C) groups is 1. The van der Waals surface area contributed by atoms with Crippen LogP contribution in [0.1, 0.15) is 25.0 Å². The Labute approximate surface area is 193 Å². The van der Waals surface area contributed by atoms with Gasteiger partial charge in [-0.1, -0.05) is 60.7 Å². The predicted octanol–water partition coefficient (Wildman–Crippen LogP) is 7.03. The minimum Gasteiger partial charge on any atom is -0.494 e. The molecule has 0 saturated carbocycles. The van der Waals surface area contributed by atoms with Gasteiger partial charge in [-0.05, 0) is 31.5 Å². The van der Waals surface area contributed by atoms with Crippen molar-refractivity contribution in [2.75, 3.05) is 13.2 Å². The van der Waals surface area contributed by atoms with Crippen molar-refractivity contribution in [3.63, 3.8) is 0 Å². The zero-order valence-electron chi connectivity index (χ0n) is 18.6. The average Bonchev–Trinajstić information content (AvgIpc) is 3.23. The summed E-state index contributed by atoms with van der Waals surface area (Å²) in [7, 11) is 0. The molecule has 0 saturated heterocycles. The Hall–Kier alpha value is -4.30. The van der Waals surface area contributed by atoms with Crippen LogP contribution in [-0.2, 0) is 0 Å². The molecule has 3 aromatic carbocycles. The van der Waals surface area contributed by atoms with E-state index in [4.69, 9.17) is 13.9 Å². The fourth-order valence-electron chi connectivity index (χ4n) is 3.57. The van der Waals surface area contributed by atoms with E-state index in [0.29, 0.717) is 30.3 Å². The molecule has 0 fully saturated rings. The van der Waals surface area contributed by atoms with Crippen LogP contribution >= 0.6 is 0 Å². The van der Waals surface area contributed by atoms with Gasteiger partial charge in [-0.3, -0.25) is 0 Å². The van der Waals surface area contributed by atoms with Crippen molar-refractivity contribution in [3.8, 4) is 40.0 Å². The highest BCUT2D eigenvalue weighted by Crippen LogP contribution is 2.42. The van der Waals surface area contributed by atoms with Gasteiger partial charge in [-0.2, -0.15) is 5.26 Å². The van der Waals surface area contributed by atoms with Crippen molar-refractivity contribution in [1.29, 1.82) is 5.26 Å². The average molecular weight is 437 g/mol. The van der Waals surface area contributed by atoms with E-state index in [1.165, 1.54) is 0 Å². The number of nitrogens with zero attached hydrogens (tertiary/aromatic N) is 2. The van der Waals surface area contributed by atoms with E-state index in [9.17, 15) is 5.26 Å². The maximum Gasteiger partial charge on any atom is 0.238 e. The van der Waals surface area contributed by atoms with Gasteiger partial charge in [-0.15, -0.1) is 0 Å². The van der Waals surface area contributed by atoms with E-state index in [-0.39, 0.29) is 5.88 Å². The first kappa shape index (κ1) is 21.9. The Morgan fingerprint density at radius 1 is 0.879 bits per heavy atom. The largest absolute Gasteiger partial charge is 0.494 e. The minimum atomic E-state index is 0.256. The van der Waals surface area contributed by atoms with Gasteiger partial charge < -0.3 is 13.9 Å². The third-order valence-corrected chi connectivity index (χ3v) is 5.02. The minimum absolute atomic E-state index is 0.256. The molecule has 164 valence electrons. The predicted molar refractivity (Wildman–Crippen MR) is 130 cm³/mol. The van der Waals surface area contributed by atoms with Gasteiger partial charge in [-0.25, -0.2) is 4.99 Å². The molecule has 0 radical (unpaired) electrons. The van der Waals surface area contributed by atoms with Crippen LogP contribution in [0.25, 0.3) is 22.5 Å². The van der Waals surface area contributed by atoms with Crippen LogP contribution in [-0.4, -0.2) is 19.4 Å². The van der Waals surface area contributed by atoms with Crippen LogP contribution in [0, 0.1) is 11.3 Å². The van der Waals surface area contributed by atoms with Crippen LogP contribution in [0.5, 0.6) is 11.5 Å². The number of nitriles is 1. The molecule has 0 aliphatic heterocycles. The highest BCUT2D eigenvalue weighted by Gasteiger charge is 2.22. The second-order valence-electron chi connectivity index (χ2n) is 7.15. The molecular formula is C28H24N2O3. The molecule has 0 unspecified atom stereocenters. The highest BCUT2D eigenvalue weighted by molar-refractivity contribution is 5.90. The van der Waals surface area contributed by atoms with Gasteiger partial charge in [0.05, 0.1) is 13.2 Å². The van der Waals surface area contributed by atoms with Crippen molar-refractivity contribution in [3.05, 3.63) is 90.0 Å². The molecular weight excluding hydrogens is 412 g/mol. The number of furan rings is 1. The van der Waals surface area contributed by atoms with Crippen molar-refractivity contribution < 1.29 is 13.9 Å². The molecule has 0 spiro atoms. The molecule has 0 N–H and O–H groups in total. The van der Waals surface area contributed by atoms with E-state index >= 15 is 0 Å². The van der Waals surface area contributed by atoms with Gasteiger partial charge in [0, 0.05) is 29.0 Å². The topological polar surface area (TPSA) is 67.8 Å². The van der Waals surface area contributed by atoms with Crippen LogP contribution < -0.4 is 9.47 Å². The van der Waals surface area contributed by atoms with Crippen molar-refractivity contribution in [2.24, 2.45) is 4.99 Å². The molecule has 5 heteroatoms. The molecule has 0 atom stereocenters. The Morgan fingerprint density at radius 2 is 1.55 bits per heavy atom. The summed E-state index contributed by atoms with van der Waals surface area (Å²) in [6.45, 7) is 4.94. The fraction of sp³-hybridized carbons (Fsp3) is 0.143. The first-order valence-electron chi connectivity index (χ1n) is 10.9. The lowest BCUT2D eigenvalue weighted by Crippen LogP contribution is -1.98. The fourth-order valence-corrected chi connectivity index (χ4v) is 3.57. The molecule has 5 nitrogen and oxygen atoms in total. The Morgan fingerprint density at radius 3 is 2.18 bits per heavy atom. The lowest BCUT2D eigenvalue weighted by atomic mass is 9.98. The third-order valence-electron chi connectivity index (χ3n) is 5.02. The van der Waals surface area contributed by atoms with E-state index < -0.39 is 0 Å². The summed E-state index contributed by atoms with van der Waals surface area (Å²) in [5, 5.41) is 10.0. The van der Waals surface area contributed by atoms with E-state index in [0.717, 1.165) is 28.0 Å². The van der Waals surface area contributed by atoms with Crippen LogP contribution in [0.15, 0.2) is 88.3 Å². The van der Waals surface area contributed by atoms with Crippen molar-refractivity contribution in [2.45, 2.75) is 13.8 Å². The van der Waals surface area contributed by atoms with Gasteiger partial charge in [0.2, 0.25) is 5.88 Å². The SMILES string of the molecule is CCOc1ccc(C=Nc2oc(-c3ccccc3)c(-c3ccccc3)c2C#N)c(OCC)c1. The molecule has 0 aliphatic rings. The number of hydrogen-bond donors (Lipinski definition) is 0. The zero-order valence-corrected chi connectivity index (χ0v) is 18.6. The summed E-state index contributed by atoms with van der Waals surface area (Å²) in [6.07, 6.45) is 1.66. The Balaban J connectivity index is 1.82. The second kappa shape index (κ2) is 10.3. The van der Waals surface area contributed by atoms with Gasteiger partial charge in [0.15, 0.2) is 0 Å². The first-order chi connectivity index (χ1) is 16.2. The molecule has 33 heavy (non-hydrogen) atoms. The second-order valence-corrected chi connectivity index (χ2v) is 7.15. The Kier molecular flexibility index (Phi) is 6.87. The molecule has 4 aromatic rings. The molecule has 0 aliphatic carbocycles. The first-order valence-corrected chi connectivity index (χ1v) is 10.9. The molecule has 0 amide bonds. The van der Waals surface area contributed by atoms with Crippen molar-refractivity contribution in [1.82, 2.24) is 0 Å². The molecule has 1 aromatic heterocycles. The summed E-state index contributed by atoms with van der Waals surface area (Å²) >= 11 is 0. The van der Waals surface area contributed by atoms with Crippen molar-refractivity contribution >= 4 is 12.1 Å². The van der Waals surface area contributed by atoms with Gasteiger partial charge >= 0.3 is 0 Å². The number of rotatable bonds is 8. The summed E-state index contributed by atoms with van der Waals surface area (Å²) in [5.74, 6) is 2.25. The normalized spacial score (nSPS) is 10.8. The smallest absolute Gasteiger partial charge is 0.238 e. The van der Waals surface area contributed by atoms with Crippen LogP contribution in [0.2, 0.25) is 0 Å². The number of ether oxygens (including phenoxy) is 2. The standard InChI is InChI=1S/C28H24N2O3/c1-3-31-23-16-15-22(25(17-23)32-4-2)19-30-28-24(18-29)26(20-11-7-5-8-12-20)27(33-28)21-13-9-6-10-14-21/h5-17,19H,3-4H2,1-2H3. The van der Waals surface area contributed by atoms with E-state index in [1.807, 2.05) is 92.7 Å². The van der Waals surface area contributed by atoms with Gasteiger partial charge in [0.25, 0.3) is 0 Å². The lowest BCUT2D eigenvalue weighted by Gasteiger charge is -2.09. The summed E-state index contributed by atoms with van der Waals surface area (Å²) in [5.41, 5.74) is 3.66. The van der Waals surface area contributed by atoms with E-state index in [2.05, 4.69) is 11.1 Å². The maximum atomic E-state index is 10.0. The van der Waals surface area contributed by atoms with Crippen LogP contribution in [0.4, 0.5) is 5.88 Å². The van der Waals surface area contributed by atoms with E-state index in [1.54, 1.807) is 6.21 Å². The summed E-state index contributed by atoms with van der Waals surface area (Å²) < 4.78 is 17.5. The number of benzene rings is 3. The molecule has 0 bridgehead atoms. The van der Waals surface area contributed by atoms with Gasteiger partial charge in [0.1, 0.15) is 28.9 Å². The quantitative estimate of drug-likeness (QED) is 0.278. The monoisotopic (exact) mass is 436 g/mol. The third kappa shape index (κ3) is 4.81. The molecule has 4 rings (SSSR count). The van der Waals surface area contributed by atoms with Crippen LogP contribution in [0.3, 0.4) is 0 Å². The summed E-state index contributed by atoms with van der Waals surface area (Å²) in [6, 6.07) is 27.4. The lowest BCUT2D eigenvalue weighted by molar-refractivity contribution is 0.323. The zero-order chi connectivity index (χ0) is 23.0. The molecule has 1 heterocycles. The highest BCUT2D eigenvalue weighted by atomic mass is 16.5. The number of hydrogen-bond acceptors (Lipinski definition) is 5.